The van der Waals surface area contributed by atoms with E-state index in [1.807, 2.05) is 13.8 Å². The van der Waals surface area contributed by atoms with Gasteiger partial charge in [-0.05, 0) is 31.5 Å². The summed E-state index contributed by atoms with van der Waals surface area (Å²) in [5.74, 6) is 0.463. The zero-order valence-electron chi connectivity index (χ0n) is 11.1. The van der Waals surface area contributed by atoms with Gasteiger partial charge in [-0.1, -0.05) is 20.3 Å². The van der Waals surface area contributed by atoms with Gasteiger partial charge >= 0.3 is 6.09 Å². The Balaban J connectivity index is 0.000000492. The topological polar surface area (TPSA) is 55.3 Å². The Morgan fingerprint density at radius 3 is 2.56 bits per heavy atom. The predicted molar refractivity (Wildman–Crippen MR) is 70.9 cm³/mol. The van der Waals surface area contributed by atoms with E-state index in [0.29, 0.717) is 12.4 Å². The first-order valence-corrected chi connectivity index (χ1v) is 6.26. The highest BCUT2D eigenvalue weighted by Crippen LogP contribution is 2.26. The van der Waals surface area contributed by atoms with Gasteiger partial charge in [0.25, 0.3) is 0 Å². The molecule has 2 heterocycles. The molecule has 1 aliphatic heterocycles. The second kappa shape index (κ2) is 6.00. The van der Waals surface area contributed by atoms with Gasteiger partial charge in [-0.2, -0.15) is 0 Å². The maximum absolute atomic E-state index is 11.5. The monoisotopic (exact) mass is 271 g/mol. The fourth-order valence-electron chi connectivity index (χ4n) is 1.42. The second-order valence-corrected chi connectivity index (χ2v) is 4.94. The van der Waals surface area contributed by atoms with Crippen molar-refractivity contribution in [3.05, 3.63) is 17.5 Å². The van der Waals surface area contributed by atoms with Crippen LogP contribution in [0.5, 0.6) is 0 Å². The third-order valence-electron chi connectivity index (χ3n) is 2.01. The molecule has 1 aromatic rings. The zero-order chi connectivity index (χ0) is 13.8. The Bertz CT molecular complexity index is 424. The highest BCUT2D eigenvalue weighted by molar-refractivity contribution is 6.28. The van der Waals surface area contributed by atoms with E-state index in [1.165, 1.54) is 17.5 Å². The van der Waals surface area contributed by atoms with E-state index in [0.717, 1.165) is 0 Å². The van der Waals surface area contributed by atoms with Gasteiger partial charge in [0, 0.05) is 6.20 Å². The molecule has 0 aliphatic carbocycles. The lowest BCUT2D eigenvalue weighted by molar-refractivity contribution is 0.0871. The molecule has 0 saturated carbocycles. The molecule has 0 spiro atoms. The van der Waals surface area contributed by atoms with Crippen LogP contribution in [0.25, 0.3) is 0 Å². The maximum Gasteiger partial charge on any atom is 0.416 e. The van der Waals surface area contributed by atoms with Crippen molar-refractivity contribution in [1.29, 1.82) is 0 Å². The van der Waals surface area contributed by atoms with Crippen LogP contribution in [0, 0.1) is 0 Å². The Kier molecular flexibility index (Phi) is 4.90. The summed E-state index contributed by atoms with van der Waals surface area (Å²) < 4.78 is 5.14. The smallest absolute Gasteiger partial charge is 0.416 e. The number of ether oxygens (including phenoxy) is 1. The number of hydrogen-bond donors (Lipinski definition) is 0. The fourth-order valence-corrected chi connectivity index (χ4v) is 1.56. The van der Waals surface area contributed by atoms with Gasteiger partial charge in [0.1, 0.15) is 11.4 Å². The lowest BCUT2D eigenvalue weighted by atomic mass is 10.1. The average molecular weight is 272 g/mol. The van der Waals surface area contributed by atoms with E-state index in [2.05, 4.69) is 23.8 Å². The highest BCUT2D eigenvalue weighted by Gasteiger charge is 2.38. The molecule has 2 rings (SSSR count). The first-order valence-electron chi connectivity index (χ1n) is 5.88. The normalized spacial score (nSPS) is 16.9. The lowest BCUT2D eigenvalue weighted by Crippen LogP contribution is -2.28. The minimum absolute atomic E-state index is 0.116. The molecule has 0 aromatic carbocycles. The number of aromatic nitrogens is 2. The number of amides is 1. The van der Waals surface area contributed by atoms with Crippen molar-refractivity contribution in [1.82, 2.24) is 9.97 Å². The number of carbonyl (C=O) groups excluding carboxylic acids is 1. The number of cyclic esters (lactones) is 1. The Hall–Kier alpha value is -1.36. The first-order chi connectivity index (χ1) is 8.39. The second-order valence-electron chi connectivity index (χ2n) is 4.60. The van der Waals surface area contributed by atoms with Crippen LogP contribution in [-0.4, -0.2) is 28.2 Å². The van der Waals surface area contributed by atoms with Gasteiger partial charge in [-0.15, -0.1) is 0 Å². The van der Waals surface area contributed by atoms with Crippen LogP contribution in [0.3, 0.4) is 0 Å². The molecule has 0 radical (unpaired) electrons. The van der Waals surface area contributed by atoms with Crippen LogP contribution < -0.4 is 4.90 Å². The number of nitrogens with zero attached hydrogens (tertiary/aromatic N) is 3. The Labute approximate surface area is 112 Å². The van der Waals surface area contributed by atoms with Gasteiger partial charge in [0.2, 0.25) is 5.28 Å². The van der Waals surface area contributed by atoms with Crippen LogP contribution in [0.15, 0.2) is 12.3 Å². The van der Waals surface area contributed by atoms with Crippen molar-refractivity contribution < 1.29 is 9.53 Å². The largest absolute Gasteiger partial charge is 0.441 e. The molecule has 1 aliphatic rings. The summed E-state index contributed by atoms with van der Waals surface area (Å²) in [7, 11) is 0. The van der Waals surface area contributed by atoms with Gasteiger partial charge in [-0.3, -0.25) is 4.90 Å². The van der Waals surface area contributed by atoms with E-state index in [4.69, 9.17) is 16.3 Å². The molecule has 0 N–H and O–H groups in total. The highest BCUT2D eigenvalue weighted by atomic mass is 35.5. The maximum atomic E-state index is 11.5. The Morgan fingerprint density at radius 2 is 2.11 bits per heavy atom. The molecule has 1 amide bonds. The number of carbonyl (C=O) groups is 1. The molecule has 18 heavy (non-hydrogen) atoms. The molecule has 6 heteroatoms. The van der Waals surface area contributed by atoms with Crippen LogP contribution in [-0.2, 0) is 4.74 Å². The number of hydrogen-bond acceptors (Lipinski definition) is 4. The van der Waals surface area contributed by atoms with E-state index >= 15 is 0 Å². The summed E-state index contributed by atoms with van der Waals surface area (Å²) in [5, 5.41) is 0.116. The predicted octanol–water partition coefficient (Wildman–Crippen LogP) is 3.28. The molecule has 0 unspecified atom stereocenters. The third-order valence-corrected chi connectivity index (χ3v) is 2.19. The molecule has 1 aromatic heterocycles. The third kappa shape index (κ3) is 3.84. The van der Waals surface area contributed by atoms with E-state index < -0.39 is 11.7 Å². The fraction of sp³-hybridized carbons (Fsp3) is 0.583. The minimum Gasteiger partial charge on any atom is -0.441 e. The average Bonchev–Trinajstić information content (AvgIpc) is 2.53. The summed E-state index contributed by atoms with van der Waals surface area (Å²) in [5.41, 5.74) is -0.492. The zero-order valence-corrected chi connectivity index (χ0v) is 11.9. The van der Waals surface area contributed by atoms with Crippen molar-refractivity contribution in [2.75, 3.05) is 11.4 Å². The summed E-state index contributed by atoms with van der Waals surface area (Å²) in [6, 6.07) is 1.62. The van der Waals surface area contributed by atoms with Crippen molar-refractivity contribution in [2.45, 2.75) is 39.7 Å². The van der Waals surface area contributed by atoms with Crippen molar-refractivity contribution in [3.8, 4) is 0 Å². The van der Waals surface area contributed by atoms with Gasteiger partial charge in [0.05, 0.1) is 6.54 Å². The quantitative estimate of drug-likeness (QED) is 0.736. The molecule has 1 saturated heterocycles. The summed E-state index contributed by atoms with van der Waals surface area (Å²) in [6.07, 6.45) is 2.35. The lowest BCUT2D eigenvalue weighted by Gasteiger charge is -2.14. The summed E-state index contributed by atoms with van der Waals surface area (Å²) in [4.78, 5) is 20.6. The van der Waals surface area contributed by atoms with Crippen LogP contribution in [0.4, 0.5) is 10.6 Å². The van der Waals surface area contributed by atoms with Gasteiger partial charge in [0.15, 0.2) is 0 Å². The van der Waals surface area contributed by atoms with Crippen molar-refractivity contribution >= 4 is 23.5 Å². The van der Waals surface area contributed by atoms with Crippen LogP contribution in [0.2, 0.25) is 5.28 Å². The molecule has 100 valence electrons. The van der Waals surface area contributed by atoms with E-state index in [-0.39, 0.29) is 5.28 Å². The molecular formula is C12H18ClN3O2. The Morgan fingerprint density at radius 1 is 1.50 bits per heavy atom. The first kappa shape index (κ1) is 14.7. The van der Waals surface area contributed by atoms with E-state index in [1.54, 1.807) is 6.07 Å². The van der Waals surface area contributed by atoms with E-state index in [9.17, 15) is 4.79 Å². The molecule has 5 nitrogen and oxygen atoms in total. The van der Waals surface area contributed by atoms with Crippen LogP contribution in [0.1, 0.15) is 34.1 Å². The van der Waals surface area contributed by atoms with Gasteiger partial charge in [-0.25, -0.2) is 14.8 Å². The summed E-state index contributed by atoms with van der Waals surface area (Å²) in [6.45, 7) is 8.39. The van der Waals surface area contributed by atoms with Crippen molar-refractivity contribution in [2.24, 2.45) is 0 Å². The van der Waals surface area contributed by atoms with Gasteiger partial charge < -0.3 is 4.74 Å². The SMILES string of the molecule is CC1(C)CN(c2ccnc(Cl)n2)C(=O)O1.CCC. The molecule has 0 bridgehead atoms. The van der Waals surface area contributed by atoms with Crippen molar-refractivity contribution in [3.63, 3.8) is 0 Å². The number of anilines is 1. The molecular weight excluding hydrogens is 254 g/mol. The standard InChI is InChI=1S/C9H10ClN3O2.C3H8/c1-9(2)5-13(8(14)15-9)6-3-4-11-7(10)12-6;1-3-2/h3-4H,5H2,1-2H3;3H2,1-2H3. The molecule has 0 atom stereocenters. The summed E-state index contributed by atoms with van der Waals surface area (Å²) >= 11 is 5.64. The number of halogens is 1. The molecule has 1 fully saturated rings. The van der Waals surface area contributed by atoms with Crippen LogP contribution >= 0.6 is 11.6 Å². The number of rotatable bonds is 1. The minimum atomic E-state index is -0.492.